The number of hydrogen-bond donors (Lipinski definition) is 0. The molecule has 0 bridgehead atoms. The molecule has 0 spiro atoms. The summed E-state index contributed by atoms with van der Waals surface area (Å²) in [6.07, 6.45) is 0. The summed E-state index contributed by atoms with van der Waals surface area (Å²) < 4.78 is 5.37. The number of pyridine rings is 1. The van der Waals surface area contributed by atoms with E-state index in [1.54, 1.807) is 0 Å². The first-order valence-electron chi connectivity index (χ1n) is 5.08. The van der Waals surface area contributed by atoms with Crippen LogP contribution in [0.25, 0.3) is 0 Å². The Hall–Kier alpha value is -2.65. The van der Waals surface area contributed by atoms with Crippen LogP contribution < -0.4 is 4.74 Å². The zero-order valence-corrected chi connectivity index (χ0v) is 10.2. The van der Waals surface area contributed by atoms with Crippen molar-refractivity contribution in [2.75, 3.05) is 0 Å². The molecular weight excluding hydrogens is 270 g/mol. The summed E-state index contributed by atoms with van der Waals surface area (Å²) in [5, 5.41) is 19.4. The third-order valence-corrected chi connectivity index (χ3v) is 2.36. The number of benzene rings is 1. The van der Waals surface area contributed by atoms with Crippen molar-refractivity contribution < 1.29 is 9.66 Å². The Morgan fingerprint density at radius 2 is 2.00 bits per heavy atom. The van der Waals surface area contributed by atoms with Crippen molar-refractivity contribution in [2.45, 2.75) is 0 Å². The monoisotopic (exact) mass is 275 g/mol. The number of halogens is 1. The Labute approximate surface area is 113 Å². The van der Waals surface area contributed by atoms with Gasteiger partial charge in [0.15, 0.2) is 0 Å². The zero-order valence-electron chi connectivity index (χ0n) is 9.41. The highest BCUT2D eigenvalue weighted by atomic mass is 35.5. The van der Waals surface area contributed by atoms with Crippen LogP contribution in [0.2, 0.25) is 5.15 Å². The first-order chi connectivity index (χ1) is 9.08. The number of nitro benzene ring substituents is 1. The Bertz CT molecular complexity index is 665. The van der Waals surface area contributed by atoms with Gasteiger partial charge in [0.25, 0.3) is 5.69 Å². The fourth-order valence-electron chi connectivity index (χ4n) is 1.35. The maximum Gasteiger partial charge on any atom is 0.269 e. The van der Waals surface area contributed by atoms with E-state index in [2.05, 4.69) is 4.98 Å². The van der Waals surface area contributed by atoms with Gasteiger partial charge in [0.2, 0.25) is 5.88 Å². The topological polar surface area (TPSA) is 89.0 Å². The van der Waals surface area contributed by atoms with Crippen molar-refractivity contribution in [3.63, 3.8) is 0 Å². The summed E-state index contributed by atoms with van der Waals surface area (Å²) in [6, 6.07) is 10.3. The largest absolute Gasteiger partial charge is 0.439 e. The van der Waals surface area contributed by atoms with E-state index in [1.165, 1.54) is 36.4 Å². The minimum Gasteiger partial charge on any atom is -0.439 e. The number of nitrogens with zero attached hydrogens (tertiary/aromatic N) is 3. The maximum atomic E-state index is 10.5. The molecule has 0 fully saturated rings. The number of aromatic nitrogens is 1. The highest BCUT2D eigenvalue weighted by Gasteiger charge is 2.07. The molecule has 0 unspecified atom stereocenters. The number of hydrogen-bond acceptors (Lipinski definition) is 5. The lowest BCUT2D eigenvalue weighted by molar-refractivity contribution is -0.384. The summed E-state index contributed by atoms with van der Waals surface area (Å²) in [7, 11) is 0. The van der Waals surface area contributed by atoms with Gasteiger partial charge in [-0.15, -0.1) is 0 Å². The van der Waals surface area contributed by atoms with Crippen molar-refractivity contribution >= 4 is 17.3 Å². The van der Waals surface area contributed by atoms with Gasteiger partial charge < -0.3 is 4.74 Å². The quantitative estimate of drug-likeness (QED) is 0.487. The van der Waals surface area contributed by atoms with Gasteiger partial charge in [-0.1, -0.05) is 11.6 Å². The molecule has 0 saturated heterocycles. The molecule has 0 N–H and O–H groups in total. The van der Waals surface area contributed by atoms with E-state index >= 15 is 0 Å². The first-order valence-corrected chi connectivity index (χ1v) is 5.46. The van der Waals surface area contributed by atoms with Crippen molar-refractivity contribution in [1.29, 1.82) is 5.26 Å². The van der Waals surface area contributed by atoms with Gasteiger partial charge in [-0.2, -0.15) is 5.26 Å². The van der Waals surface area contributed by atoms with Crippen LogP contribution in [-0.4, -0.2) is 9.91 Å². The molecule has 0 atom stereocenters. The van der Waals surface area contributed by atoms with E-state index in [9.17, 15) is 10.1 Å². The molecule has 0 radical (unpaired) electrons. The molecule has 19 heavy (non-hydrogen) atoms. The summed E-state index contributed by atoms with van der Waals surface area (Å²) >= 11 is 5.73. The number of nitriles is 1. The summed E-state index contributed by atoms with van der Waals surface area (Å²) in [6.45, 7) is 0. The van der Waals surface area contributed by atoms with E-state index in [1.807, 2.05) is 6.07 Å². The van der Waals surface area contributed by atoms with Gasteiger partial charge in [-0.25, -0.2) is 4.98 Å². The molecule has 7 heteroatoms. The van der Waals surface area contributed by atoms with Crippen LogP contribution in [0.4, 0.5) is 5.69 Å². The number of non-ortho nitro benzene ring substituents is 1. The molecule has 1 aromatic carbocycles. The molecule has 0 amide bonds. The second-order valence-electron chi connectivity index (χ2n) is 3.48. The van der Waals surface area contributed by atoms with Crippen LogP contribution in [0.15, 0.2) is 36.4 Å². The smallest absolute Gasteiger partial charge is 0.269 e. The number of nitro groups is 1. The standard InChI is InChI=1S/C12H6ClN3O3/c13-11-5-8(7-14)6-12(15-11)19-10-3-1-9(2-4-10)16(17)18/h1-6H. The summed E-state index contributed by atoms with van der Waals surface area (Å²) in [5.74, 6) is 0.516. The molecule has 6 nitrogen and oxygen atoms in total. The average molecular weight is 276 g/mol. The van der Waals surface area contributed by atoms with Crippen LogP contribution in [0, 0.1) is 21.4 Å². The van der Waals surface area contributed by atoms with Crippen LogP contribution in [-0.2, 0) is 0 Å². The molecule has 0 aliphatic carbocycles. The van der Waals surface area contributed by atoms with Crippen molar-refractivity contribution in [2.24, 2.45) is 0 Å². The lowest BCUT2D eigenvalue weighted by atomic mass is 10.3. The highest BCUT2D eigenvalue weighted by Crippen LogP contribution is 2.24. The third-order valence-electron chi connectivity index (χ3n) is 2.17. The summed E-state index contributed by atoms with van der Waals surface area (Å²) in [5.41, 5.74) is 0.279. The summed E-state index contributed by atoms with van der Waals surface area (Å²) in [4.78, 5) is 13.9. The van der Waals surface area contributed by atoms with Gasteiger partial charge in [0, 0.05) is 18.2 Å². The zero-order chi connectivity index (χ0) is 13.8. The average Bonchev–Trinajstić information content (AvgIpc) is 2.38. The van der Waals surface area contributed by atoms with Crippen LogP contribution >= 0.6 is 11.6 Å². The number of ether oxygens (including phenoxy) is 1. The molecule has 0 aliphatic heterocycles. The van der Waals surface area contributed by atoms with E-state index in [4.69, 9.17) is 21.6 Å². The Balaban J connectivity index is 2.24. The molecule has 0 saturated carbocycles. The number of rotatable bonds is 3. The Kier molecular flexibility index (Phi) is 3.59. The molecule has 1 aromatic heterocycles. The molecule has 2 aromatic rings. The van der Waals surface area contributed by atoms with Crippen LogP contribution in [0.1, 0.15) is 5.56 Å². The molecule has 2 rings (SSSR count). The van der Waals surface area contributed by atoms with E-state index < -0.39 is 4.92 Å². The minimum atomic E-state index is -0.505. The van der Waals surface area contributed by atoms with Crippen molar-refractivity contribution in [3.8, 4) is 17.7 Å². The third kappa shape index (κ3) is 3.18. The SMILES string of the molecule is N#Cc1cc(Cl)nc(Oc2ccc([N+](=O)[O-])cc2)c1. The normalized spacial score (nSPS) is 9.68. The maximum absolute atomic E-state index is 10.5. The van der Waals surface area contributed by atoms with Gasteiger partial charge in [0.1, 0.15) is 10.9 Å². The van der Waals surface area contributed by atoms with Gasteiger partial charge in [0.05, 0.1) is 16.6 Å². The minimum absolute atomic E-state index is 0.0379. The Morgan fingerprint density at radius 3 is 2.58 bits per heavy atom. The van der Waals surface area contributed by atoms with Crippen molar-refractivity contribution in [3.05, 3.63) is 57.2 Å². The predicted octanol–water partition coefficient (Wildman–Crippen LogP) is 3.31. The predicted molar refractivity (Wildman–Crippen MR) is 67.1 cm³/mol. The first kappa shape index (κ1) is 12.8. The lowest BCUT2D eigenvalue weighted by Gasteiger charge is -2.04. The van der Waals surface area contributed by atoms with Gasteiger partial charge >= 0.3 is 0 Å². The Morgan fingerprint density at radius 1 is 1.32 bits per heavy atom. The van der Waals surface area contributed by atoms with Crippen LogP contribution in [0.3, 0.4) is 0 Å². The highest BCUT2D eigenvalue weighted by molar-refractivity contribution is 6.29. The van der Waals surface area contributed by atoms with Gasteiger partial charge in [-0.05, 0) is 18.2 Å². The van der Waals surface area contributed by atoms with Crippen LogP contribution in [0.5, 0.6) is 11.6 Å². The fourth-order valence-corrected chi connectivity index (χ4v) is 1.55. The molecule has 1 heterocycles. The lowest BCUT2D eigenvalue weighted by Crippen LogP contribution is -1.91. The van der Waals surface area contributed by atoms with E-state index in [0.29, 0.717) is 11.3 Å². The van der Waals surface area contributed by atoms with Crippen molar-refractivity contribution in [1.82, 2.24) is 4.98 Å². The second-order valence-corrected chi connectivity index (χ2v) is 3.87. The molecular formula is C12H6ClN3O3. The van der Waals surface area contributed by atoms with E-state index in [-0.39, 0.29) is 16.7 Å². The molecule has 94 valence electrons. The molecule has 0 aliphatic rings. The van der Waals surface area contributed by atoms with Gasteiger partial charge in [-0.3, -0.25) is 10.1 Å². The van der Waals surface area contributed by atoms with E-state index in [0.717, 1.165) is 0 Å². The second kappa shape index (κ2) is 5.33. The fraction of sp³-hybridized carbons (Fsp3) is 0.